The molecule has 0 spiro atoms. The second kappa shape index (κ2) is 9.43. The molecule has 0 bridgehead atoms. The Morgan fingerprint density at radius 1 is 1.06 bits per heavy atom. The van der Waals surface area contributed by atoms with Gasteiger partial charge in [0.15, 0.2) is 11.6 Å². The minimum Gasteiger partial charge on any atom is -0.462 e. The first-order chi connectivity index (χ1) is 15.6. The molecule has 0 aliphatic carbocycles. The molecule has 2 aromatic carbocycles. The van der Waals surface area contributed by atoms with Crippen molar-refractivity contribution in [1.29, 1.82) is 0 Å². The highest BCUT2D eigenvalue weighted by Gasteiger charge is 2.22. The van der Waals surface area contributed by atoms with Gasteiger partial charge in [-0.15, -0.1) is 0 Å². The summed E-state index contributed by atoms with van der Waals surface area (Å²) in [4.78, 5) is 29.9. The van der Waals surface area contributed by atoms with E-state index in [-0.39, 0.29) is 30.3 Å². The van der Waals surface area contributed by atoms with Gasteiger partial charge in [0, 0.05) is 11.8 Å². The van der Waals surface area contributed by atoms with Crippen molar-refractivity contribution >= 4 is 28.6 Å². The first-order valence-corrected chi connectivity index (χ1v) is 10.5. The molecule has 32 heavy (non-hydrogen) atoms. The van der Waals surface area contributed by atoms with Crippen LogP contribution in [-0.2, 0) is 16.0 Å². The Hall–Kier alpha value is -4.00. The number of ether oxygens (including phenoxy) is 1. The Morgan fingerprint density at radius 3 is 2.59 bits per heavy atom. The van der Waals surface area contributed by atoms with Gasteiger partial charge < -0.3 is 10.1 Å². The summed E-state index contributed by atoms with van der Waals surface area (Å²) in [6.45, 7) is 3.94. The van der Waals surface area contributed by atoms with Gasteiger partial charge in [-0.3, -0.25) is 4.79 Å². The number of hydrogen-bond acceptors (Lipinski definition) is 5. The zero-order valence-corrected chi connectivity index (χ0v) is 18.0. The molecule has 0 saturated carbocycles. The Labute approximate surface area is 186 Å². The lowest BCUT2D eigenvalue weighted by atomic mass is 10.1. The molecule has 0 aliphatic heterocycles. The van der Waals surface area contributed by atoms with Crippen molar-refractivity contribution in [3.05, 3.63) is 83.6 Å². The van der Waals surface area contributed by atoms with Gasteiger partial charge >= 0.3 is 5.97 Å². The lowest BCUT2D eigenvalue weighted by Crippen LogP contribution is -2.18. The highest BCUT2D eigenvalue weighted by molar-refractivity contribution is 6.00. The number of pyridine rings is 1. The molecule has 1 amide bonds. The number of nitrogens with one attached hydrogen (secondary N) is 1. The van der Waals surface area contributed by atoms with E-state index in [1.54, 1.807) is 6.92 Å². The molecule has 162 valence electrons. The van der Waals surface area contributed by atoms with Gasteiger partial charge in [-0.25, -0.2) is 9.78 Å². The van der Waals surface area contributed by atoms with E-state index in [0.717, 1.165) is 22.0 Å². The Kier molecular flexibility index (Phi) is 6.26. The number of carbonyl (C=O) groups excluding carboxylic acids is 2. The van der Waals surface area contributed by atoms with Crippen LogP contribution in [0.4, 0.5) is 5.82 Å². The molecule has 4 rings (SSSR count). The fourth-order valence-corrected chi connectivity index (χ4v) is 3.54. The summed E-state index contributed by atoms with van der Waals surface area (Å²) in [5, 5.41) is 8.23. The molecule has 0 saturated heterocycles. The van der Waals surface area contributed by atoms with Crippen LogP contribution in [0.2, 0.25) is 0 Å². The highest BCUT2D eigenvalue weighted by Crippen LogP contribution is 2.24. The third kappa shape index (κ3) is 4.51. The van der Waals surface area contributed by atoms with Crippen LogP contribution in [0.5, 0.6) is 0 Å². The fraction of sp³-hybridized carbons (Fsp3) is 0.200. The maximum atomic E-state index is 12.8. The van der Waals surface area contributed by atoms with Crippen molar-refractivity contribution in [2.24, 2.45) is 0 Å². The lowest BCUT2D eigenvalue weighted by Gasteiger charge is -2.12. The van der Waals surface area contributed by atoms with E-state index < -0.39 is 5.97 Å². The molecule has 1 N–H and O–H groups in total. The second-order valence-electron chi connectivity index (χ2n) is 7.39. The predicted octanol–water partition coefficient (Wildman–Crippen LogP) is 4.48. The standard InChI is InChI=1S/C25H24N4O3/c1-3-32-25(31)20-16-26-29(22-15-17(2)19-11-7-8-12-21(19)27-22)24(20)28-23(30)14-13-18-9-5-4-6-10-18/h4-12,15-16H,3,13-14H2,1-2H3,(H,28,30). The lowest BCUT2D eigenvalue weighted by molar-refractivity contribution is -0.116. The van der Waals surface area contributed by atoms with Gasteiger partial charge in [-0.05, 0) is 43.5 Å². The van der Waals surface area contributed by atoms with Gasteiger partial charge in [0.1, 0.15) is 5.56 Å². The first-order valence-electron chi connectivity index (χ1n) is 10.5. The monoisotopic (exact) mass is 428 g/mol. The molecule has 0 unspecified atom stereocenters. The van der Waals surface area contributed by atoms with E-state index in [4.69, 9.17) is 4.74 Å². The van der Waals surface area contributed by atoms with Crippen LogP contribution >= 0.6 is 0 Å². The summed E-state index contributed by atoms with van der Waals surface area (Å²) in [5.74, 6) is -0.00733. The molecule has 0 atom stereocenters. The number of rotatable bonds is 7. The first kappa shape index (κ1) is 21.2. The average Bonchev–Trinajstić information content (AvgIpc) is 3.22. The number of para-hydroxylation sites is 1. The number of fused-ring (bicyclic) bond motifs is 1. The quantitative estimate of drug-likeness (QED) is 0.439. The van der Waals surface area contributed by atoms with Crippen LogP contribution in [0.1, 0.15) is 34.8 Å². The van der Waals surface area contributed by atoms with E-state index in [9.17, 15) is 9.59 Å². The van der Waals surface area contributed by atoms with Crippen LogP contribution in [0.15, 0.2) is 66.9 Å². The molecule has 2 aromatic heterocycles. The third-order valence-electron chi connectivity index (χ3n) is 5.13. The maximum absolute atomic E-state index is 12.8. The minimum atomic E-state index is -0.547. The number of esters is 1. The zero-order valence-electron chi connectivity index (χ0n) is 18.0. The molecule has 0 aliphatic rings. The van der Waals surface area contributed by atoms with Gasteiger partial charge in [-0.1, -0.05) is 48.5 Å². The molecular weight excluding hydrogens is 404 g/mol. The summed E-state index contributed by atoms with van der Waals surface area (Å²) in [7, 11) is 0. The Bertz CT molecular complexity index is 1260. The number of amides is 1. The summed E-state index contributed by atoms with van der Waals surface area (Å²) in [5.41, 5.74) is 3.07. The number of benzene rings is 2. The maximum Gasteiger partial charge on any atom is 0.343 e. The van der Waals surface area contributed by atoms with E-state index in [1.807, 2.05) is 67.6 Å². The van der Waals surface area contributed by atoms with Gasteiger partial charge in [-0.2, -0.15) is 9.78 Å². The van der Waals surface area contributed by atoms with Crippen molar-refractivity contribution in [1.82, 2.24) is 14.8 Å². The number of aryl methyl sites for hydroxylation is 2. The molecule has 0 radical (unpaired) electrons. The topological polar surface area (TPSA) is 86.1 Å². The molecule has 0 fully saturated rings. The molecule has 4 aromatic rings. The molecule has 2 heterocycles. The molecular formula is C25H24N4O3. The van der Waals surface area contributed by atoms with Gasteiger partial charge in [0.25, 0.3) is 0 Å². The van der Waals surface area contributed by atoms with Gasteiger partial charge in [0.2, 0.25) is 5.91 Å². The van der Waals surface area contributed by atoms with E-state index in [1.165, 1.54) is 10.9 Å². The highest BCUT2D eigenvalue weighted by atomic mass is 16.5. The Morgan fingerprint density at radius 2 is 1.81 bits per heavy atom. The Balaban J connectivity index is 1.67. The van der Waals surface area contributed by atoms with E-state index in [2.05, 4.69) is 15.4 Å². The summed E-state index contributed by atoms with van der Waals surface area (Å²) >= 11 is 0. The normalized spacial score (nSPS) is 10.8. The van der Waals surface area contributed by atoms with Crippen molar-refractivity contribution in [3.63, 3.8) is 0 Å². The summed E-state index contributed by atoms with van der Waals surface area (Å²) in [6.07, 6.45) is 2.25. The summed E-state index contributed by atoms with van der Waals surface area (Å²) < 4.78 is 6.64. The van der Waals surface area contributed by atoms with E-state index in [0.29, 0.717) is 12.2 Å². The van der Waals surface area contributed by atoms with Crippen LogP contribution < -0.4 is 5.32 Å². The number of hydrogen-bond donors (Lipinski definition) is 1. The number of nitrogens with zero attached hydrogens (tertiary/aromatic N) is 3. The SMILES string of the molecule is CCOC(=O)c1cnn(-c2cc(C)c3ccccc3n2)c1NC(=O)CCc1ccccc1. The number of carbonyl (C=O) groups is 2. The van der Waals surface area contributed by atoms with E-state index >= 15 is 0 Å². The summed E-state index contributed by atoms with van der Waals surface area (Å²) in [6, 6.07) is 19.4. The zero-order chi connectivity index (χ0) is 22.5. The van der Waals surface area contributed by atoms with Crippen LogP contribution in [-0.4, -0.2) is 33.2 Å². The number of anilines is 1. The molecule has 7 heteroatoms. The van der Waals surface area contributed by atoms with Crippen molar-refractivity contribution < 1.29 is 14.3 Å². The largest absolute Gasteiger partial charge is 0.462 e. The average molecular weight is 428 g/mol. The van der Waals surface area contributed by atoms with Crippen LogP contribution in [0.3, 0.4) is 0 Å². The number of aromatic nitrogens is 3. The predicted molar refractivity (Wildman–Crippen MR) is 123 cm³/mol. The third-order valence-corrected chi connectivity index (χ3v) is 5.13. The fourth-order valence-electron chi connectivity index (χ4n) is 3.54. The second-order valence-corrected chi connectivity index (χ2v) is 7.39. The smallest absolute Gasteiger partial charge is 0.343 e. The van der Waals surface area contributed by atoms with Crippen molar-refractivity contribution in [2.45, 2.75) is 26.7 Å². The van der Waals surface area contributed by atoms with Gasteiger partial charge in [0.05, 0.1) is 18.3 Å². The minimum absolute atomic E-state index is 0.188. The van der Waals surface area contributed by atoms with Crippen molar-refractivity contribution in [2.75, 3.05) is 11.9 Å². The molecule has 7 nitrogen and oxygen atoms in total. The van der Waals surface area contributed by atoms with Crippen LogP contribution in [0, 0.1) is 6.92 Å². The van der Waals surface area contributed by atoms with Crippen molar-refractivity contribution in [3.8, 4) is 5.82 Å². The van der Waals surface area contributed by atoms with Crippen LogP contribution in [0.25, 0.3) is 16.7 Å².